The van der Waals surface area contributed by atoms with E-state index >= 15 is 0 Å². The number of fused-ring (bicyclic) bond motifs is 3. The normalized spacial score (nSPS) is 19.0. The Morgan fingerprint density at radius 3 is 2.32 bits per heavy atom. The molecular formula is C26H30N2O5S. The van der Waals surface area contributed by atoms with E-state index in [1.54, 1.807) is 11.8 Å². The molecule has 0 bridgehead atoms. The van der Waals surface area contributed by atoms with Crippen molar-refractivity contribution in [1.82, 2.24) is 10.2 Å². The second-order valence-electron chi connectivity index (χ2n) is 9.04. The van der Waals surface area contributed by atoms with Gasteiger partial charge in [-0.25, -0.2) is 4.79 Å². The number of alkyl carbamates (subject to hydrolysis) is 1. The number of hydrogen-bond donors (Lipinski definition) is 2. The summed E-state index contributed by atoms with van der Waals surface area (Å²) in [6, 6.07) is 16.3. The number of amides is 2. The van der Waals surface area contributed by atoms with E-state index in [-0.39, 0.29) is 31.5 Å². The molecule has 0 saturated carbocycles. The minimum atomic E-state index is -0.905. The van der Waals surface area contributed by atoms with Crippen LogP contribution in [0.5, 0.6) is 0 Å². The van der Waals surface area contributed by atoms with Crippen LogP contribution in [-0.4, -0.2) is 65.2 Å². The van der Waals surface area contributed by atoms with Crippen LogP contribution in [0.2, 0.25) is 0 Å². The first-order valence-electron chi connectivity index (χ1n) is 11.6. The van der Waals surface area contributed by atoms with Crippen LogP contribution in [0.25, 0.3) is 11.1 Å². The number of carbonyl (C=O) groups excluding carboxylic acids is 2. The van der Waals surface area contributed by atoms with Gasteiger partial charge in [-0.1, -0.05) is 55.5 Å². The van der Waals surface area contributed by atoms with E-state index in [2.05, 4.69) is 29.6 Å². The number of thioether (sulfide) groups is 1. The Kier molecular flexibility index (Phi) is 7.16. The Bertz CT molecular complexity index is 1040. The van der Waals surface area contributed by atoms with E-state index in [1.807, 2.05) is 31.2 Å². The molecule has 2 unspecified atom stereocenters. The van der Waals surface area contributed by atoms with Crippen LogP contribution in [0.3, 0.4) is 0 Å². The van der Waals surface area contributed by atoms with E-state index in [0.717, 1.165) is 22.3 Å². The molecule has 0 spiro atoms. The molecule has 2 aromatic carbocycles. The van der Waals surface area contributed by atoms with Gasteiger partial charge in [-0.15, -0.1) is 11.8 Å². The number of rotatable bonds is 7. The molecule has 2 atom stereocenters. The number of benzene rings is 2. The molecule has 1 heterocycles. The predicted octanol–water partition coefficient (Wildman–Crippen LogP) is 3.97. The third kappa shape index (κ3) is 4.78. The average molecular weight is 483 g/mol. The molecule has 34 heavy (non-hydrogen) atoms. The van der Waals surface area contributed by atoms with Gasteiger partial charge in [0.25, 0.3) is 0 Å². The topological polar surface area (TPSA) is 95.9 Å². The van der Waals surface area contributed by atoms with Crippen LogP contribution in [0, 0.1) is 5.41 Å². The van der Waals surface area contributed by atoms with Gasteiger partial charge in [0.05, 0.1) is 5.41 Å². The molecule has 2 aromatic rings. The third-order valence-electron chi connectivity index (χ3n) is 6.89. The molecule has 1 fully saturated rings. The summed E-state index contributed by atoms with van der Waals surface area (Å²) in [6.07, 6.45) is -0.0522. The summed E-state index contributed by atoms with van der Waals surface area (Å²) in [6.45, 7) is 4.72. The fraction of sp³-hybridized carbons (Fsp3) is 0.423. The highest BCUT2D eigenvalue weighted by atomic mass is 32.2. The molecule has 0 radical (unpaired) electrons. The monoisotopic (exact) mass is 482 g/mol. The second kappa shape index (κ2) is 10.1. The fourth-order valence-corrected chi connectivity index (χ4v) is 5.67. The van der Waals surface area contributed by atoms with Crippen molar-refractivity contribution in [2.45, 2.75) is 31.4 Å². The lowest BCUT2D eigenvalue weighted by Gasteiger charge is -2.37. The van der Waals surface area contributed by atoms with Crippen LogP contribution in [0.1, 0.15) is 37.3 Å². The van der Waals surface area contributed by atoms with E-state index < -0.39 is 22.7 Å². The molecule has 2 N–H and O–H groups in total. The number of nitrogens with one attached hydrogen (secondary N) is 1. The number of ether oxygens (including phenoxy) is 1. The largest absolute Gasteiger partial charge is 0.480 e. The fourth-order valence-electron chi connectivity index (χ4n) is 4.63. The lowest BCUT2D eigenvalue weighted by molar-refractivity contribution is -0.143. The zero-order valence-corrected chi connectivity index (χ0v) is 20.3. The van der Waals surface area contributed by atoms with Crippen molar-refractivity contribution < 1.29 is 24.2 Å². The maximum atomic E-state index is 13.2. The molecule has 4 rings (SSSR count). The minimum Gasteiger partial charge on any atom is -0.480 e. The molecule has 1 aliphatic heterocycles. The van der Waals surface area contributed by atoms with Crippen molar-refractivity contribution in [1.29, 1.82) is 0 Å². The van der Waals surface area contributed by atoms with Gasteiger partial charge >= 0.3 is 12.1 Å². The number of hydrogen-bond acceptors (Lipinski definition) is 5. The second-order valence-corrected chi connectivity index (χ2v) is 10.4. The molecule has 180 valence electrons. The maximum absolute atomic E-state index is 13.2. The van der Waals surface area contributed by atoms with Crippen molar-refractivity contribution in [2.75, 3.05) is 32.0 Å². The molecule has 8 heteroatoms. The van der Waals surface area contributed by atoms with Gasteiger partial charge in [0.1, 0.15) is 11.9 Å². The smallest absolute Gasteiger partial charge is 0.407 e. The summed E-state index contributed by atoms with van der Waals surface area (Å²) in [5, 5.41) is 11.5. The Morgan fingerprint density at radius 1 is 1.12 bits per heavy atom. The first-order chi connectivity index (χ1) is 16.3. The van der Waals surface area contributed by atoms with Crippen molar-refractivity contribution in [3.63, 3.8) is 0 Å². The molecule has 1 aliphatic carbocycles. The molecule has 1 saturated heterocycles. The van der Waals surface area contributed by atoms with Crippen LogP contribution in [-0.2, 0) is 14.3 Å². The average Bonchev–Trinajstić information content (AvgIpc) is 3.19. The highest BCUT2D eigenvalue weighted by molar-refractivity contribution is 8.00. The van der Waals surface area contributed by atoms with Gasteiger partial charge in [-0.3, -0.25) is 9.59 Å². The van der Waals surface area contributed by atoms with Crippen LogP contribution in [0.4, 0.5) is 4.79 Å². The number of nitrogens with zero attached hydrogens (tertiary/aromatic N) is 1. The summed E-state index contributed by atoms with van der Waals surface area (Å²) < 4.78 is 5.60. The van der Waals surface area contributed by atoms with Crippen molar-refractivity contribution in [3.05, 3.63) is 59.7 Å². The zero-order valence-electron chi connectivity index (χ0n) is 19.5. The summed E-state index contributed by atoms with van der Waals surface area (Å²) in [5.74, 6) is -0.489. The maximum Gasteiger partial charge on any atom is 0.407 e. The van der Waals surface area contributed by atoms with Crippen molar-refractivity contribution in [3.8, 4) is 11.1 Å². The Hall–Kier alpha value is -3.00. The van der Waals surface area contributed by atoms with Gasteiger partial charge in [0, 0.05) is 31.3 Å². The van der Waals surface area contributed by atoms with Crippen LogP contribution in [0.15, 0.2) is 48.5 Å². The summed E-state index contributed by atoms with van der Waals surface area (Å²) in [5.41, 5.74) is 3.77. The van der Waals surface area contributed by atoms with Gasteiger partial charge in [-0.2, -0.15) is 0 Å². The quantitative estimate of drug-likeness (QED) is 0.620. The molecular weight excluding hydrogens is 452 g/mol. The van der Waals surface area contributed by atoms with Crippen molar-refractivity contribution >= 4 is 29.7 Å². The standard InChI is InChI=1S/C26H30N2O5S/c1-3-26(2,24(31)28-12-13-34-22(14-28)23(29)30)16-27-25(32)33-15-21-19-10-6-4-8-17(19)18-9-5-7-11-20(18)21/h4-11,21-22H,3,12-16H2,1-2H3,(H,27,32)(H,29,30). The van der Waals surface area contributed by atoms with Crippen molar-refractivity contribution in [2.24, 2.45) is 5.41 Å². The molecule has 0 aromatic heterocycles. The Balaban J connectivity index is 1.36. The van der Waals surface area contributed by atoms with Crippen LogP contribution < -0.4 is 5.32 Å². The summed E-state index contributed by atoms with van der Waals surface area (Å²) in [7, 11) is 0. The zero-order chi connectivity index (χ0) is 24.3. The first kappa shape index (κ1) is 24.1. The third-order valence-corrected chi connectivity index (χ3v) is 8.06. The van der Waals surface area contributed by atoms with Gasteiger partial charge in [-0.05, 0) is 35.6 Å². The molecule has 2 amide bonds. The number of carbonyl (C=O) groups is 3. The van der Waals surface area contributed by atoms with E-state index in [1.165, 1.54) is 11.8 Å². The molecule has 7 nitrogen and oxygen atoms in total. The SMILES string of the molecule is CCC(C)(CNC(=O)OCC1c2ccccc2-c2ccccc21)C(=O)N1CCSC(C(=O)O)C1. The Labute approximate surface area is 203 Å². The number of carboxylic acids is 1. The summed E-state index contributed by atoms with van der Waals surface area (Å²) >= 11 is 1.35. The highest BCUT2D eigenvalue weighted by Crippen LogP contribution is 2.44. The van der Waals surface area contributed by atoms with Gasteiger partial charge in [0.2, 0.25) is 5.91 Å². The van der Waals surface area contributed by atoms with Gasteiger partial charge < -0.3 is 20.1 Å². The first-order valence-corrected chi connectivity index (χ1v) is 12.6. The lowest BCUT2D eigenvalue weighted by atomic mass is 9.85. The number of carboxylic acid groups (broad SMARTS) is 1. The van der Waals surface area contributed by atoms with Crippen LogP contribution >= 0.6 is 11.8 Å². The molecule has 2 aliphatic rings. The number of aliphatic carboxylic acids is 1. The highest BCUT2D eigenvalue weighted by Gasteiger charge is 2.39. The van der Waals surface area contributed by atoms with E-state index in [0.29, 0.717) is 18.7 Å². The summed E-state index contributed by atoms with van der Waals surface area (Å²) in [4.78, 5) is 38.8. The lowest BCUT2D eigenvalue weighted by Crippen LogP contribution is -2.53. The van der Waals surface area contributed by atoms with Gasteiger partial charge in [0.15, 0.2) is 0 Å². The predicted molar refractivity (Wildman–Crippen MR) is 132 cm³/mol. The minimum absolute atomic E-state index is 0.0313. The van der Waals surface area contributed by atoms with E-state index in [4.69, 9.17) is 4.74 Å². The Morgan fingerprint density at radius 2 is 1.74 bits per heavy atom. The van der Waals surface area contributed by atoms with E-state index in [9.17, 15) is 19.5 Å².